The summed E-state index contributed by atoms with van der Waals surface area (Å²) in [6.45, 7) is 2.33. The first-order valence-electron chi connectivity index (χ1n) is 7.93. The maximum absolute atomic E-state index is 5.42. The van der Waals surface area contributed by atoms with Gasteiger partial charge in [0.05, 0.1) is 24.5 Å². The number of hydrogen-bond donors (Lipinski definition) is 1. The van der Waals surface area contributed by atoms with Gasteiger partial charge in [-0.25, -0.2) is 4.68 Å². The normalized spacial score (nSPS) is 22.2. The third kappa shape index (κ3) is 2.60. The Kier molecular flexibility index (Phi) is 3.47. The molecule has 2 aromatic heterocycles. The van der Waals surface area contributed by atoms with E-state index in [2.05, 4.69) is 26.7 Å². The van der Waals surface area contributed by atoms with Crippen LogP contribution in [0.2, 0.25) is 0 Å². The van der Waals surface area contributed by atoms with Gasteiger partial charge in [0.2, 0.25) is 0 Å². The van der Waals surface area contributed by atoms with Crippen LogP contribution < -0.4 is 0 Å². The monoisotopic (exact) mass is 287 g/mol. The lowest BCUT2D eigenvalue weighted by Gasteiger charge is -2.02. The van der Waals surface area contributed by atoms with E-state index in [1.165, 1.54) is 30.5 Å². The maximum atomic E-state index is 5.42. The quantitative estimate of drug-likeness (QED) is 0.874. The molecule has 6 nitrogen and oxygen atoms in total. The van der Waals surface area contributed by atoms with Gasteiger partial charge >= 0.3 is 0 Å². The molecule has 1 aliphatic carbocycles. The number of aromatic amines is 1. The second-order valence-electron chi connectivity index (χ2n) is 6.09. The first-order chi connectivity index (χ1) is 10.4. The Morgan fingerprint density at radius 1 is 1.29 bits per heavy atom. The molecule has 0 bridgehead atoms. The molecule has 112 valence electrons. The van der Waals surface area contributed by atoms with Crippen LogP contribution in [-0.2, 0) is 24.1 Å². The van der Waals surface area contributed by atoms with Crippen LogP contribution in [0, 0.1) is 0 Å². The van der Waals surface area contributed by atoms with Gasteiger partial charge in [0, 0.05) is 24.4 Å². The molecule has 0 radical (unpaired) electrons. The van der Waals surface area contributed by atoms with Crippen LogP contribution >= 0.6 is 0 Å². The molecule has 1 fully saturated rings. The van der Waals surface area contributed by atoms with Crippen molar-refractivity contribution in [3.8, 4) is 0 Å². The van der Waals surface area contributed by atoms with Crippen LogP contribution in [-0.4, -0.2) is 38.4 Å². The molecule has 1 atom stereocenters. The van der Waals surface area contributed by atoms with Crippen LogP contribution in [0.4, 0.5) is 0 Å². The van der Waals surface area contributed by atoms with Crippen LogP contribution in [0.3, 0.4) is 0 Å². The van der Waals surface area contributed by atoms with Crippen LogP contribution in [0.25, 0.3) is 0 Å². The molecule has 21 heavy (non-hydrogen) atoms. The summed E-state index contributed by atoms with van der Waals surface area (Å²) in [5.41, 5.74) is 4.92. The van der Waals surface area contributed by atoms with E-state index in [4.69, 9.17) is 4.74 Å². The fraction of sp³-hybridized carbons (Fsp3) is 0.667. The topological polar surface area (TPSA) is 68.6 Å². The average Bonchev–Trinajstić information content (AvgIpc) is 3.19. The summed E-state index contributed by atoms with van der Waals surface area (Å²) >= 11 is 0. The van der Waals surface area contributed by atoms with Gasteiger partial charge in [0.1, 0.15) is 0 Å². The lowest BCUT2D eigenvalue weighted by atomic mass is 10.1. The fourth-order valence-corrected chi connectivity index (χ4v) is 3.36. The van der Waals surface area contributed by atoms with Crippen LogP contribution in [0.5, 0.6) is 0 Å². The number of hydrogen-bond acceptors (Lipinski definition) is 4. The van der Waals surface area contributed by atoms with Crippen molar-refractivity contribution in [1.29, 1.82) is 0 Å². The van der Waals surface area contributed by atoms with E-state index in [-0.39, 0.29) is 0 Å². The van der Waals surface area contributed by atoms with Crippen molar-refractivity contribution in [2.24, 2.45) is 0 Å². The molecule has 4 rings (SSSR count). The molecule has 1 aliphatic heterocycles. The van der Waals surface area contributed by atoms with E-state index in [1.54, 1.807) is 0 Å². The summed E-state index contributed by atoms with van der Waals surface area (Å²) < 4.78 is 7.33. The highest BCUT2D eigenvalue weighted by Gasteiger charge is 2.21. The summed E-state index contributed by atoms with van der Waals surface area (Å²) in [4.78, 5) is 0. The van der Waals surface area contributed by atoms with Crippen molar-refractivity contribution in [3.63, 3.8) is 0 Å². The summed E-state index contributed by atoms with van der Waals surface area (Å²) in [5.74, 6) is 0.412. The lowest BCUT2D eigenvalue weighted by Crippen LogP contribution is -2.04. The maximum Gasteiger partial charge on any atom is 0.0881 e. The fourth-order valence-electron chi connectivity index (χ4n) is 3.36. The zero-order valence-electron chi connectivity index (χ0n) is 12.2. The highest BCUT2D eigenvalue weighted by molar-refractivity contribution is 5.27. The van der Waals surface area contributed by atoms with Crippen molar-refractivity contribution in [2.45, 2.75) is 51.0 Å². The second-order valence-corrected chi connectivity index (χ2v) is 6.09. The number of rotatable bonds is 3. The smallest absolute Gasteiger partial charge is 0.0881 e. The summed E-state index contributed by atoms with van der Waals surface area (Å²) in [7, 11) is 0. The van der Waals surface area contributed by atoms with Gasteiger partial charge in [0.15, 0.2) is 0 Å². The van der Waals surface area contributed by atoms with Gasteiger partial charge < -0.3 is 4.74 Å². The molecular formula is C15H21N5O. The molecule has 0 spiro atoms. The van der Waals surface area contributed by atoms with Crippen LogP contribution in [0.1, 0.15) is 54.2 Å². The van der Waals surface area contributed by atoms with Crippen molar-refractivity contribution >= 4 is 0 Å². The molecule has 0 amide bonds. The molecule has 1 N–H and O–H groups in total. The average molecular weight is 287 g/mol. The van der Waals surface area contributed by atoms with Crippen LogP contribution in [0.15, 0.2) is 6.20 Å². The second kappa shape index (κ2) is 5.60. The molecule has 0 saturated carbocycles. The van der Waals surface area contributed by atoms with Crippen molar-refractivity contribution in [1.82, 2.24) is 25.2 Å². The van der Waals surface area contributed by atoms with Crippen molar-refractivity contribution < 1.29 is 4.74 Å². The number of nitrogens with zero attached hydrogens (tertiary/aromatic N) is 4. The Hall–Kier alpha value is -1.69. The predicted molar refractivity (Wildman–Crippen MR) is 77.1 cm³/mol. The van der Waals surface area contributed by atoms with Gasteiger partial charge in [-0.2, -0.15) is 5.10 Å². The zero-order valence-corrected chi connectivity index (χ0v) is 12.2. The number of nitrogens with one attached hydrogen (secondary N) is 1. The Morgan fingerprint density at radius 2 is 2.24 bits per heavy atom. The Labute approximate surface area is 123 Å². The van der Waals surface area contributed by atoms with Gasteiger partial charge in [-0.15, -0.1) is 5.10 Å². The standard InChI is InChI=1S/C15H21N5O/c1-2-4-12-13(5-3-1)16-17-15(12)9-20-8-14(18-19-20)11-6-7-21-10-11/h8,11H,1-7,9-10H2,(H,16,17)/t11-/m1/s1. The Bertz CT molecular complexity index is 611. The van der Waals surface area contributed by atoms with Gasteiger partial charge in [-0.3, -0.25) is 5.10 Å². The molecule has 2 aliphatic rings. The van der Waals surface area contributed by atoms with E-state index in [9.17, 15) is 0 Å². The largest absolute Gasteiger partial charge is 0.381 e. The summed E-state index contributed by atoms with van der Waals surface area (Å²) in [6.07, 6.45) is 9.22. The number of fused-ring (bicyclic) bond motifs is 1. The van der Waals surface area contributed by atoms with Gasteiger partial charge in [-0.05, 0) is 37.7 Å². The molecule has 1 saturated heterocycles. The third-order valence-corrected chi connectivity index (χ3v) is 4.61. The minimum atomic E-state index is 0.412. The highest BCUT2D eigenvalue weighted by atomic mass is 16.5. The van der Waals surface area contributed by atoms with E-state index in [1.807, 2.05) is 4.68 Å². The molecule has 0 unspecified atom stereocenters. The molecule has 6 heteroatoms. The first kappa shape index (κ1) is 13.0. The minimum absolute atomic E-state index is 0.412. The molecule has 0 aromatic carbocycles. The summed E-state index contributed by atoms with van der Waals surface area (Å²) in [6, 6.07) is 0. The van der Waals surface area contributed by atoms with Crippen molar-refractivity contribution in [2.75, 3.05) is 13.2 Å². The first-order valence-corrected chi connectivity index (χ1v) is 7.93. The van der Waals surface area contributed by atoms with E-state index in [0.717, 1.165) is 43.9 Å². The van der Waals surface area contributed by atoms with E-state index < -0.39 is 0 Å². The van der Waals surface area contributed by atoms with E-state index in [0.29, 0.717) is 12.5 Å². The number of aromatic nitrogens is 5. The van der Waals surface area contributed by atoms with Crippen molar-refractivity contribution in [3.05, 3.63) is 28.8 Å². The SMILES string of the molecule is c1c([C@@H]2CCOC2)nnn1Cc1n[nH]c2c1CCCCC2. The summed E-state index contributed by atoms with van der Waals surface area (Å²) in [5, 5.41) is 16.3. The minimum Gasteiger partial charge on any atom is -0.381 e. The lowest BCUT2D eigenvalue weighted by molar-refractivity contribution is 0.193. The Balaban J connectivity index is 1.52. The number of H-pyrrole nitrogens is 1. The molecular weight excluding hydrogens is 266 g/mol. The highest BCUT2D eigenvalue weighted by Crippen LogP contribution is 2.24. The predicted octanol–water partition coefficient (Wildman–Crippen LogP) is 1.82. The van der Waals surface area contributed by atoms with Gasteiger partial charge in [-0.1, -0.05) is 11.6 Å². The number of aryl methyl sites for hydroxylation is 1. The van der Waals surface area contributed by atoms with E-state index >= 15 is 0 Å². The number of ether oxygens (including phenoxy) is 1. The molecule has 2 aromatic rings. The zero-order chi connectivity index (χ0) is 14.1. The van der Waals surface area contributed by atoms with Gasteiger partial charge in [0.25, 0.3) is 0 Å². The Morgan fingerprint density at radius 3 is 3.14 bits per heavy atom. The molecule has 3 heterocycles. The third-order valence-electron chi connectivity index (χ3n) is 4.61.